The van der Waals surface area contributed by atoms with E-state index in [1.165, 1.54) is 27.8 Å². The van der Waals surface area contributed by atoms with Crippen molar-refractivity contribution in [1.29, 1.82) is 0 Å². The van der Waals surface area contributed by atoms with Gasteiger partial charge in [-0.15, -0.1) is 11.3 Å². The van der Waals surface area contributed by atoms with Crippen LogP contribution in [-0.4, -0.2) is 71.3 Å². The molecule has 9 heteroatoms. The molecule has 0 spiro atoms. The molecule has 4 heterocycles. The molecule has 2 amide bonds. The van der Waals surface area contributed by atoms with Crippen LogP contribution in [-0.2, 0) is 19.4 Å². The van der Waals surface area contributed by atoms with Crippen molar-refractivity contribution in [3.8, 4) is 0 Å². The molecule has 1 aromatic heterocycles. The topological polar surface area (TPSA) is 71.9 Å². The number of fused-ring (bicyclic) bond motifs is 2. The minimum absolute atomic E-state index is 0.0929. The summed E-state index contributed by atoms with van der Waals surface area (Å²) in [7, 11) is 0. The lowest BCUT2D eigenvalue weighted by atomic mass is 10.0. The number of piperidine rings is 1. The average molecular weight is 446 g/mol. The van der Waals surface area contributed by atoms with Gasteiger partial charge in [0.2, 0.25) is 0 Å². The number of halogens is 1. The number of aromatic nitrogens is 1. The maximum atomic E-state index is 13.7. The smallest absolute Gasteiger partial charge is 0.323 e. The fraction of sp³-hybridized carbons (Fsp3) is 0.545. The molecule has 7 nitrogen and oxygen atoms in total. The van der Waals surface area contributed by atoms with Crippen LogP contribution in [0.2, 0.25) is 0 Å². The van der Waals surface area contributed by atoms with Crippen molar-refractivity contribution in [3.63, 3.8) is 0 Å². The fourth-order valence-electron chi connectivity index (χ4n) is 4.94. The van der Waals surface area contributed by atoms with E-state index < -0.39 is 0 Å². The van der Waals surface area contributed by atoms with Gasteiger partial charge >= 0.3 is 6.03 Å². The molecule has 0 saturated carbocycles. The van der Waals surface area contributed by atoms with Crippen molar-refractivity contribution >= 4 is 28.2 Å². The molecule has 2 aromatic rings. The zero-order chi connectivity index (χ0) is 21.4. The van der Waals surface area contributed by atoms with E-state index in [-0.39, 0.29) is 18.5 Å². The molecule has 0 unspecified atom stereocenters. The molecule has 166 valence electrons. The van der Waals surface area contributed by atoms with Crippen molar-refractivity contribution in [2.24, 2.45) is 0 Å². The Bertz CT molecular complexity index is 959. The number of hydrogen-bond donors (Lipinski definition) is 2. The van der Waals surface area contributed by atoms with Gasteiger partial charge in [0.15, 0.2) is 5.13 Å². The van der Waals surface area contributed by atoms with Gasteiger partial charge in [-0.2, -0.15) is 0 Å². The zero-order valence-electron chi connectivity index (χ0n) is 17.5. The number of thiazole rings is 1. The Morgan fingerprint density at radius 2 is 2.06 bits per heavy atom. The van der Waals surface area contributed by atoms with E-state index in [4.69, 9.17) is 5.11 Å². The van der Waals surface area contributed by atoms with E-state index in [9.17, 15) is 9.18 Å². The molecule has 0 bridgehead atoms. The van der Waals surface area contributed by atoms with Crippen LogP contribution in [0, 0.1) is 5.82 Å². The summed E-state index contributed by atoms with van der Waals surface area (Å²) < 4.78 is 13.7. The lowest BCUT2D eigenvalue weighted by molar-refractivity contribution is 0.185. The number of aliphatic hydroxyl groups excluding tert-OH is 1. The number of carbonyl (C=O) groups excluding carboxylic acids is 1. The highest BCUT2D eigenvalue weighted by molar-refractivity contribution is 7.15. The molecule has 5 rings (SSSR count). The molecule has 0 atom stereocenters. The Hall–Kier alpha value is -2.23. The summed E-state index contributed by atoms with van der Waals surface area (Å²) in [5.41, 5.74) is 3.30. The number of aliphatic hydroxyl groups is 1. The molecule has 2 N–H and O–H groups in total. The average Bonchev–Trinajstić information content (AvgIpc) is 3.37. The number of nitrogens with zero attached hydrogens (tertiary/aromatic N) is 4. The number of hydrogen-bond acceptors (Lipinski definition) is 6. The van der Waals surface area contributed by atoms with Crippen LogP contribution in [0.25, 0.3) is 0 Å². The summed E-state index contributed by atoms with van der Waals surface area (Å²) in [4.78, 5) is 25.0. The van der Waals surface area contributed by atoms with Crippen LogP contribution in [0.4, 0.5) is 20.0 Å². The van der Waals surface area contributed by atoms with E-state index in [1.54, 1.807) is 6.07 Å². The van der Waals surface area contributed by atoms with E-state index >= 15 is 0 Å². The highest BCUT2D eigenvalue weighted by Crippen LogP contribution is 2.33. The molecule has 3 aliphatic heterocycles. The minimum Gasteiger partial charge on any atom is -0.395 e. The van der Waals surface area contributed by atoms with E-state index in [0.29, 0.717) is 30.8 Å². The third-order valence-corrected chi connectivity index (χ3v) is 7.61. The molecule has 1 saturated heterocycles. The number of nitrogens with one attached hydrogen (secondary N) is 1. The van der Waals surface area contributed by atoms with Crippen molar-refractivity contribution in [1.82, 2.24) is 14.8 Å². The molecular weight excluding hydrogens is 417 g/mol. The summed E-state index contributed by atoms with van der Waals surface area (Å²) in [6, 6.07) is 5.33. The Morgan fingerprint density at radius 1 is 1.23 bits per heavy atom. The first-order valence-electron chi connectivity index (χ1n) is 11.0. The molecule has 0 radical (unpaired) electrons. The molecule has 0 aliphatic carbocycles. The Labute approximate surface area is 185 Å². The minimum atomic E-state index is -0.187. The normalized spacial score (nSPS) is 19.4. The van der Waals surface area contributed by atoms with Gasteiger partial charge < -0.3 is 14.9 Å². The Kier molecular flexibility index (Phi) is 5.81. The monoisotopic (exact) mass is 445 g/mol. The third-order valence-electron chi connectivity index (χ3n) is 6.61. The molecule has 1 fully saturated rings. The first kappa shape index (κ1) is 20.7. The number of likely N-dealkylation sites (tertiary alicyclic amines) is 1. The number of urea groups is 1. The number of carbonyl (C=O) groups is 1. The van der Waals surface area contributed by atoms with Gasteiger partial charge in [-0.25, -0.2) is 14.2 Å². The van der Waals surface area contributed by atoms with Gasteiger partial charge in [-0.1, -0.05) is 6.07 Å². The van der Waals surface area contributed by atoms with Crippen molar-refractivity contribution in [2.45, 2.75) is 38.3 Å². The predicted molar refractivity (Wildman–Crippen MR) is 119 cm³/mol. The lowest BCUT2D eigenvalue weighted by Gasteiger charge is -2.38. The van der Waals surface area contributed by atoms with E-state index in [1.807, 2.05) is 11.0 Å². The number of rotatable bonds is 4. The molecule has 3 aliphatic rings. The number of β-amino-alcohol motifs (C(OH)–C–C–N with tert-alkyl or cyclic N) is 1. The quantitative estimate of drug-likeness (QED) is 0.757. The van der Waals surface area contributed by atoms with E-state index in [2.05, 4.69) is 20.1 Å². The summed E-state index contributed by atoms with van der Waals surface area (Å²) >= 11 is 1.54. The van der Waals surface area contributed by atoms with Crippen LogP contribution >= 0.6 is 11.3 Å². The van der Waals surface area contributed by atoms with E-state index in [0.717, 1.165) is 56.7 Å². The van der Waals surface area contributed by atoms with Crippen molar-refractivity contribution in [3.05, 3.63) is 40.2 Å². The van der Waals surface area contributed by atoms with Crippen LogP contribution in [0.3, 0.4) is 0 Å². The fourth-order valence-corrected chi connectivity index (χ4v) is 5.98. The highest BCUT2D eigenvalue weighted by Gasteiger charge is 2.31. The number of anilines is 2. The highest BCUT2D eigenvalue weighted by atomic mass is 32.1. The maximum absolute atomic E-state index is 13.7. The first-order valence-corrected chi connectivity index (χ1v) is 11.8. The van der Waals surface area contributed by atoms with Gasteiger partial charge in [0, 0.05) is 62.3 Å². The van der Waals surface area contributed by atoms with Crippen molar-refractivity contribution < 1.29 is 14.3 Å². The van der Waals surface area contributed by atoms with Crippen LogP contribution in [0.5, 0.6) is 0 Å². The maximum Gasteiger partial charge on any atom is 0.323 e. The second-order valence-corrected chi connectivity index (χ2v) is 9.59. The number of benzene rings is 1. The van der Waals surface area contributed by atoms with Gasteiger partial charge in [0.25, 0.3) is 0 Å². The summed E-state index contributed by atoms with van der Waals surface area (Å²) in [6.45, 7) is 4.80. The van der Waals surface area contributed by atoms with Gasteiger partial charge in [-0.3, -0.25) is 10.2 Å². The van der Waals surface area contributed by atoms with Crippen LogP contribution in [0.1, 0.15) is 29.0 Å². The third kappa shape index (κ3) is 4.26. The molecular formula is C22H28FN5O2S. The van der Waals surface area contributed by atoms with Gasteiger partial charge in [0.1, 0.15) is 5.82 Å². The zero-order valence-corrected chi connectivity index (χ0v) is 18.3. The van der Waals surface area contributed by atoms with Crippen LogP contribution in [0.15, 0.2) is 18.2 Å². The first-order chi connectivity index (χ1) is 15.1. The predicted octanol–water partition coefficient (Wildman–Crippen LogP) is 2.69. The van der Waals surface area contributed by atoms with Gasteiger partial charge in [0.05, 0.1) is 12.3 Å². The van der Waals surface area contributed by atoms with Gasteiger partial charge in [-0.05, 0) is 37.0 Å². The van der Waals surface area contributed by atoms with Crippen molar-refractivity contribution in [2.75, 3.05) is 49.5 Å². The SMILES string of the molecule is O=C(Nc1nc2c(s1)CN(CCO)CC2)N1CCC(N2CCc3ccc(F)cc32)CC1. The summed E-state index contributed by atoms with van der Waals surface area (Å²) in [5.74, 6) is -0.187. The summed E-state index contributed by atoms with van der Waals surface area (Å²) in [5, 5.41) is 12.8. The lowest BCUT2D eigenvalue weighted by Crippen LogP contribution is -2.47. The number of amides is 2. The Morgan fingerprint density at radius 3 is 2.87 bits per heavy atom. The molecule has 1 aromatic carbocycles. The summed E-state index contributed by atoms with van der Waals surface area (Å²) in [6.07, 6.45) is 3.58. The second kappa shape index (κ2) is 8.72. The standard InChI is InChI=1S/C22H28FN5O2S/c23-16-2-1-15-3-10-28(19(15)13-16)17-4-8-27(9-5-17)22(30)25-21-24-18-6-7-26(11-12-29)14-20(18)31-21/h1-2,13,17,29H,3-12,14H2,(H,24,25,30). The Balaban J connectivity index is 1.16. The second-order valence-electron chi connectivity index (χ2n) is 8.50. The molecule has 31 heavy (non-hydrogen) atoms. The van der Waals surface area contributed by atoms with Crippen LogP contribution < -0.4 is 10.2 Å². The largest absolute Gasteiger partial charge is 0.395 e.